The number of aliphatic hydroxyl groups excluding tert-OH is 1. The number of rotatable bonds is 2. The third kappa shape index (κ3) is 3.14. The van der Waals surface area contributed by atoms with Crippen molar-refractivity contribution in [2.45, 2.75) is 90.0 Å². The van der Waals surface area contributed by atoms with E-state index in [1.807, 2.05) is 0 Å². The molecule has 12 atom stereocenters. The van der Waals surface area contributed by atoms with E-state index < -0.39 is 17.9 Å². The Hall–Kier alpha value is -0.730. The van der Waals surface area contributed by atoms with E-state index in [9.17, 15) is 23.4 Å². The molecule has 2 N–H and O–H groups in total. The average molecular weight is 439 g/mol. The third-order valence-corrected chi connectivity index (χ3v) is 10.8. The molecule has 2 nitrogen and oxygen atoms in total. The lowest BCUT2D eigenvalue weighted by Crippen LogP contribution is -2.55. The molecule has 0 unspecified atom stereocenters. The normalized spacial score (nSPS) is 52.5. The molecule has 5 rings (SSSR count). The van der Waals surface area contributed by atoms with Crippen molar-refractivity contribution in [1.29, 1.82) is 0 Å². The van der Waals surface area contributed by atoms with E-state index in [0.717, 1.165) is 31.6 Å². The molecule has 0 spiro atoms. The summed E-state index contributed by atoms with van der Waals surface area (Å²) >= 11 is 0. The van der Waals surface area contributed by atoms with Crippen LogP contribution in [0.2, 0.25) is 0 Å². The molecule has 5 aliphatic rings. The zero-order chi connectivity index (χ0) is 22.3. The van der Waals surface area contributed by atoms with Gasteiger partial charge in [-0.25, -0.2) is 0 Å². The molecule has 174 valence electrons. The molecule has 5 fully saturated rings. The van der Waals surface area contributed by atoms with E-state index >= 15 is 0 Å². The highest BCUT2D eigenvalue weighted by molar-refractivity contribution is 5.20. The van der Waals surface area contributed by atoms with Crippen molar-refractivity contribution in [3.05, 3.63) is 0 Å². The number of aliphatic hydroxyl groups is 2. The van der Waals surface area contributed by atoms with Gasteiger partial charge in [-0.2, -0.15) is 13.2 Å². The van der Waals surface area contributed by atoms with Crippen LogP contribution in [0, 0.1) is 70.5 Å². The molecular formula is C26H37F3O2. The smallest absolute Gasteiger partial charge is 0.380 e. The molecule has 0 aromatic carbocycles. The number of hydrogen-bond acceptors (Lipinski definition) is 2. The summed E-state index contributed by atoms with van der Waals surface area (Å²) in [6, 6.07) is 0. The van der Waals surface area contributed by atoms with Gasteiger partial charge in [0.05, 0.1) is 0 Å². The second-order valence-corrected chi connectivity index (χ2v) is 12.0. The maximum atomic E-state index is 13.5. The van der Waals surface area contributed by atoms with E-state index in [-0.39, 0.29) is 30.1 Å². The third-order valence-electron chi connectivity index (χ3n) is 10.8. The largest absolute Gasteiger partial charge is 0.417 e. The molecule has 0 amide bonds. The Balaban J connectivity index is 1.36. The molecule has 0 bridgehead atoms. The van der Waals surface area contributed by atoms with Crippen LogP contribution in [-0.2, 0) is 0 Å². The quantitative estimate of drug-likeness (QED) is 0.565. The van der Waals surface area contributed by atoms with E-state index in [1.165, 1.54) is 6.42 Å². The summed E-state index contributed by atoms with van der Waals surface area (Å²) in [6.45, 7) is 6.40. The molecular weight excluding hydrogens is 401 g/mol. The first-order valence-corrected chi connectivity index (χ1v) is 12.4. The molecule has 5 aliphatic carbocycles. The summed E-state index contributed by atoms with van der Waals surface area (Å²) in [5, 5.41) is 20.9. The molecule has 5 saturated carbocycles. The standard InChI is InChI=1S/C26H37F3O2/c1-4-5-21(30)14(2)22-19-12-20(19)23-18-7-6-15-13-25(31,26(27,28)29)11-9-16(15)17(18)8-10-24(22,23)3/h14-23,30-31H,6-13H2,1-3H3/t14-,15-,16+,17-,18-,19+,20-,21-,22+,23-,24-,25-/m1/s1. The first-order valence-electron chi connectivity index (χ1n) is 12.4. The van der Waals surface area contributed by atoms with Crippen LogP contribution in [-0.4, -0.2) is 28.1 Å². The minimum atomic E-state index is -4.52. The van der Waals surface area contributed by atoms with E-state index in [4.69, 9.17) is 0 Å². The highest BCUT2D eigenvalue weighted by Gasteiger charge is 2.70. The molecule has 0 radical (unpaired) electrons. The molecule has 5 heteroatoms. The number of fused-ring (bicyclic) bond motifs is 7. The molecule has 0 saturated heterocycles. The first-order chi connectivity index (χ1) is 14.5. The van der Waals surface area contributed by atoms with Gasteiger partial charge >= 0.3 is 6.18 Å². The lowest BCUT2D eigenvalue weighted by Gasteiger charge is -2.58. The number of hydrogen-bond donors (Lipinski definition) is 2. The fraction of sp³-hybridized carbons (Fsp3) is 0.923. The van der Waals surface area contributed by atoms with Gasteiger partial charge in [0.15, 0.2) is 5.60 Å². The SMILES string of the molecule is CC#C[C@@H](O)[C@@H](C)[C@H]1[C@H]2C[C@H]2[C@H]2[C@@H]3CC[C@@H]4C[C@@](O)(C(F)(F)F)CC[C@@H]4[C@H]3CC[C@@]21C. The Bertz CT molecular complexity index is 784. The van der Waals surface area contributed by atoms with Crippen LogP contribution in [0.5, 0.6) is 0 Å². The van der Waals surface area contributed by atoms with Gasteiger partial charge in [0.25, 0.3) is 0 Å². The van der Waals surface area contributed by atoms with E-state index in [2.05, 4.69) is 25.7 Å². The van der Waals surface area contributed by atoms with Gasteiger partial charge in [-0.1, -0.05) is 19.8 Å². The molecule has 0 aromatic heterocycles. The minimum absolute atomic E-state index is 0.0127. The van der Waals surface area contributed by atoms with Crippen molar-refractivity contribution >= 4 is 0 Å². The zero-order valence-electron chi connectivity index (χ0n) is 19.0. The highest BCUT2D eigenvalue weighted by Crippen LogP contribution is 2.76. The van der Waals surface area contributed by atoms with Crippen molar-refractivity contribution in [3.63, 3.8) is 0 Å². The van der Waals surface area contributed by atoms with Gasteiger partial charge in [-0.3, -0.25) is 0 Å². The number of alkyl halides is 3. The lowest BCUT2D eigenvalue weighted by molar-refractivity contribution is -0.282. The summed E-state index contributed by atoms with van der Waals surface area (Å²) in [6.07, 6.45) is 0.533. The Kier molecular flexibility index (Phi) is 5.08. The zero-order valence-corrected chi connectivity index (χ0v) is 19.0. The topological polar surface area (TPSA) is 40.5 Å². The monoisotopic (exact) mass is 438 g/mol. The molecule has 0 aromatic rings. The fourth-order valence-corrected chi connectivity index (χ4v) is 9.62. The summed E-state index contributed by atoms with van der Waals surface area (Å²) < 4.78 is 40.4. The minimum Gasteiger partial charge on any atom is -0.380 e. The maximum Gasteiger partial charge on any atom is 0.417 e. The van der Waals surface area contributed by atoms with E-state index in [0.29, 0.717) is 41.9 Å². The van der Waals surface area contributed by atoms with Crippen LogP contribution in [0.3, 0.4) is 0 Å². The molecule has 0 aliphatic heterocycles. The summed E-state index contributed by atoms with van der Waals surface area (Å²) in [5.41, 5.74) is -2.26. The van der Waals surface area contributed by atoms with Crippen LogP contribution >= 0.6 is 0 Å². The van der Waals surface area contributed by atoms with Gasteiger partial charge in [-0.15, -0.1) is 5.92 Å². The van der Waals surface area contributed by atoms with Crippen LogP contribution in [0.4, 0.5) is 13.2 Å². The first kappa shape index (κ1) is 22.1. The fourth-order valence-electron chi connectivity index (χ4n) is 9.62. The van der Waals surface area contributed by atoms with Crippen molar-refractivity contribution in [1.82, 2.24) is 0 Å². The van der Waals surface area contributed by atoms with Crippen molar-refractivity contribution in [2.24, 2.45) is 58.7 Å². The second-order valence-electron chi connectivity index (χ2n) is 12.0. The summed E-state index contributed by atoms with van der Waals surface area (Å²) in [5.74, 6) is 10.1. The van der Waals surface area contributed by atoms with Crippen LogP contribution in [0.1, 0.15) is 72.1 Å². The van der Waals surface area contributed by atoms with Gasteiger partial charge in [0.2, 0.25) is 0 Å². The predicted molar refractivity (Wildman–Crippen MR) is 113 cm³/mol. The Morgan fingerprint density at radius 3 is 2.35 bits per heavy atom. The van der Waals surface area contributed by atoms with Crippen molar-refractivity contribution < 1.29 is 23.4 Å². The number of halogens is 3. The second kappa shape index (κ2) is 7.13. The Labute approximate surface area is 184 Å². The highest BCUT2D eigenvalue weighted by atomic mass is 19.4. The van der Waals surface area contributed by atoms with Crippen molar-refractivity contribution in [3.8, 4) is 11.8 Å². The summed E-state index contributed by atoms with van der Waals surface area (Å²) in [7, 11) is 0. The van der Waals surface area contributed by atoms with Crippen LogP contribution in [0.25, 0.3) is 0 Å². The summed E-state index contributed by atoms with van der Waals surface area (Å²) in [4.78, 5) is 0. The van der Waals surface area contributed by atoms with Crippen molar-refractivity contribution in [2.75, 3.05) is 0 Å². The Morgan fingerprint density at radius 2 is 1.68 bits per heavy atom. The van der Waals surface area contributed by atoms with Gasteiger partial charge < -0.3 is 10.2 Å². The van der Waals surface area contributed by atoms with Crippen LogP contribution in [0.15, 0.2) is 0 Å². The maximum absolute atomic E-state index is 13.5. The molecule has 0 heterocycles. The average Bonchev–Trinajstić information content (AvgIpc) is 3.40. The Morgan fingerprint density at radius 1 is 0.968 bits per heavy atom. The van der Waals surface area contributed by atoms with Gasteiger partial charge in [0.1, 0.15) is 6.10 Å². The van der Waals surface area contributed by atoms with E-state index in [1.54, 1.807) is 6.92 Å². The van der Waals surface area contributed by atoms with Crippen LogP contribution < -0.4 is 0 Å². The molecule has 31 heavy (non-hydrogen) atoms. The lowest BCUT2D eigenvalue weighted by atomic mass is 9.47. The predicted octanol–water partition coefficient (Wildman–Crippen LogP) is 5.42. The van der Waals surface area contributed by atoms with Gasteiger partial charge in [-0.05, 0) is 117 Å². The van der Waals surface area contributed by atoms with Gasteiger partial charge in [0, 0.05) is 0 Å².